The van der Waals surface area contributed by atoms with Crippen molar-refractivity contribution in [3.8, 4) is 0 Å². The van der Waals surface area contributed by atoms with E-state index in [1.807, 2.05) is 0 Å². The average molecular weight is 232 g/mol. The summed E-state index contributed by atoms with van der Waals surface area (Å²) >= 11 is 0. The van der Waals surface area contributed by atoms with Gasteiger partial charge in [0, 0.05) is 0 Å². The summed E-state index contributed by atoms with van der Waals surface area (Å²) in [7, 11) is 1.47. The zero-order valence-electron chi connectivity index (χ0n) is 10.8. The Morgan fingerprint density at radius 3 is 2.88 bits per heavy atom. The number of esters is 1. The van der Waals surface area contributed by atoms with Crippen molar-refractivity contribution in [2.24, 2.45) is 11.8 Å². The Morgan fingerprint density at radius 1 is 1.41 bits per heavy atom. The van der Waals surface area contributed by atoms with Crippen molar-refractivity contribution in [1.29, 1.82) is 0 Å². The SMILES string of the molecule is COC(=O)C1CC1CCc1cc(C)ccc1C. The van der Waals surface area contributed by atoms with Gasteiger partial charge in [0.05, 0.1) is 13.0 Å². The highest BCUT2D eigenvalue weighted by atomic mass is 16.5. The van der Waals surface area contributed by atoms with Crippen LogP contribution in [0.15, 0.2) is 18.2 Å². The summed E-state index contributed by atoms with van der Waals surface area (Å²) in [5.74, 6) is 0.684. The molecule has 0 spiro atoms. The number of hydrogen-bond acceptors (Lipinski definition) is 2. The molecule has 0 amide bonds. The molecular weight excluding hydrogens is 212 g/mol. The van der Waals surface area contributed by atoms with Crippen LogP contribution in [0.5, 0.6) is 0 Å². The van der Waals surface area contributed by atoms with Gasteiger partial charge in [0.2, 0.25) is 0 Å². The van der Waals surface area contributed by atoms with Crippen LogP contribution in [0.1, 0.15) is 29.5 Å². The first-order valence-electron chi connectivity index (χ1n) is 6.25. The molecule has 0 aliphatic heterocycles. The maximum atomic E-state index is 11.3. The van der Waals surface area contributed by atoms with E-state index in [9.17, 15) is 4.79 Å². The molecule has 0 N–H and O–H groups in total. The minimum atomic E-state index is -0.0315. The van der Waals surface area contributed by atoms with E-state index in [1.165, 1.54) is 23.8 Å². The summed E-state index contributed by atoms with van der Waals surface area (Å²) < 4.78 is 4.76. The normalized spacial score (nSPS) is 22.3. The number of aryl methyl sites for hydroxylation is 3. The first-order valence-corrected chi connectivity index (χ1v) is 6.25. The van der Waals surface area contributed by atoms with Crippen LogP contribution in [0.2, 0.25) is 0 Å². The van der Waals surface area contributed by atoms with Crippen LogP contribution in [0, 0.1) is 25.7 Å². The number of methoxy groups -OCH3 is 1. The van der Waals surface area contributed by atoms with Crippen LogP contribution in [0.4, 0.5) is 0 Å². The highest BCUT2D eigenvalue weighted by molar-refractivity contribution is 5.75. The molecule has 0 bridgehead atoms. The van der Waals surface area contributed by atoms with Crippen molar-refractivity contribution in [3.63, 3.8) is 0 Å². The topological polar surface area (TPSA) is 26.3 Å². The number of ether oxygens (including phenoxy) is 1. The van der Waals surface area contributed by atoms with Crippen molar-refractivity contribution in [3.05, 3.63) is 34.9 Å². The third kappa shape index (κ3) is 2.87. The molecule has 2 rings (SSSR count). The summed E-state index contributed by atoms with van der Waals surface area (Å²) in [6.45, 7) is 4.27. The number of carbonyl (C=O) groups excluding carboxylic acids is 1. The average Bonchev–Trinajstić information content (AvgIpc) is 3.09. The fourth-order valence-electron chi connectivity index (χ4n) is 2.42. The molecule has 0 aromatic heterocycles. The molecule has 92 valence electrons. The van der Waals surface area contributed by atoms with Gasteiger partial charge in [0.1, 0.15) is 0 Å². The molecule has 1 aliphatic rings. The molecule has 2 unspecified atom stereocenters. The lowest BCUT2D eigenvalue weighted by molar-refractivity contribution is -0.142. The van der Waals surface area contributed by atoms with Gasteiger partial charge in [-0.05, 0) is 50.2 Å². The van der Waals surface area contributed by atoms with E-state index in [2.05, 4.69) is 32.0 Å². The highest BCUT2D eigenvalue weighted by Gasteiger charge is 2.43. The van der Waals surface area contributed by atoms with E-state index in [0.717, 1.165) is 19.3 Å². The van der Waals surface area contributed by atoms with Gasteiger partial charge in [-0.3, -0.25) is 4.79 Å². The predicted octanol–water partition coefficient (Wildman–Crippen LogP) is 3.05. The molecule has 17 heavy (non-hydrogen) atoms. The summed E-state index contributed by atoms with van der Waals surface area (Å²) in [5, 5.41) is 0. The van der Waals surface area contributed by atoms with Crippen LogP contribution in [0.25, 0.3) is 0 Å². The van der Waals surface area contributed by atoms with Crippen molar-refractivity contribution in [2.45, 2.75) is 33.1 Å². The summed E-state index contributed by atoms with van der Waals surface area (Å²) in [6.07, 6.45) is 3.19. The molecule has 0 radical (unpaired) electrons. The molecule has 0 saturated heterocycles. The van der Waals surface area contributed by atoms with Crippen molar-refractivity contribution in [2.75, 3.05) is 7.11 Å². The molecule has 1 saturated carbocycles. The van der Waals surface area contributed by atoms with E-state index in [4.69, 9.17) is 4.74 Å². The van der Waals surface area contributed by atoms with Crippen LogP contribution in [-0.2, 0) is 16.0 Å². The number of benzene rings is 1. The molecule has 2 heteroatoms. The Labute approximate surface area is 103 Å². The lowest BCUT2D eigenvalue weighted by Gasteiger charge is -2.06. The monoisotopic (exact) mass is 232 g/mol. The van der Waals surface area contributed by atoms with Gasteiger partial charge in [-0.1, -0.05) is 23.8 Å². The van der Waals surface area contributed by atoms with Crippen LogP contribution in [-0.4, -0.2) is 13.1 Å². The van der Waals surface area contributed by atoms with E-state index >= 15 is 0 Å². The second kappa shape index (κ2) is 4.91. The van der Waals surface area contributed by atoms with Gasteiger partial charge < -0.3 is 4.74 Å². The molecule has 1 aromatic rings. The minimum Gasteiger partial charge on any atom is -0.469 e. The van der Waals surface area contributed by atoms with E-state index in [1.54, 1.807) is 0 Å². The minimum absolute atomic E-state index is 0.0315. The Hall–Kier alpha value is -1.31. The van der Waals surface area contributed by atoms with Gasteiger partial charge in [0.15, 0.2) is 0 Å². The molecule has 1 fully saturated rings. The Balaban J connectivity index is 1.87. The second-order valence-corrected chi connectivity index (χ2v) is 5.09. The first-order chi connectivity index (χ1) is 8.11. The van der Waals surface area contributed by atoms with Gasteiger partial charge in [-0.25, -0.2) is 0 Å². The molecule has 0 heterocycles. The van der Waals surface area contributed by atoms with Crippen LogP contribution >= 0.6 is 0 Å². The maximum Gasteiger partial charge on any atom is 0.308 e. The van der Waals surface area contributed by atoms with Crippen LogP contribution in [0.3, 0.4) is 0 Å². The van der Waals surface area contributed by atoms with Gasteiger partial charge >= 0.3 is 5.97 Å². The molecule has 2 nitrogen and oxygen atoms in total. The van der Waals surface area contributed by atoms with Crippen molar-refractivity contribution >= 4 is 5.97 Å². The maximum absolute atomic E-state index is 11.3. The first kappa shape index (κ1) is 12.2. The number of hydrogen-bond donors (Lipinski definition) is 0. The summed E-state index contributed by atoms with van der Waals surface area (Å²) in [5.41, 5.74) is 4.08. The zero-order valence-corrected chi connectivity index (χ0v) is 10.8. The molecular formula is C15H20O2. The highest BCUT2D eigenvalue weighted by Crippen LogP contribution is 2.42. The van der Waals surface area contributed by atoms with E-state index in [-0.39, 0.29) is 11.9 Å². The largest absolute Gasteiger partial charge is 0.469 e. The van der Waals surface area contributed by atoms with E-state index < -0.39 is 0 Å². The van der Waals surface area contributed by atoms with Crippen molar-refractivity contribution in [1.82, 2.24) is 0 Å². The fraction of sp³-hybridized carbons (Fsp3) is 0.533. The molecule has 1 aliphatic carbocycles. The van der Waals surface area contributed by atoms with Gasteiger partial charge in [0.25, 0.3) is 0 Å². The van der Waals surface area contributed by atoms with Crippen molar-refractivity contribution < 1.29 is 9.53 Å². The molecule has 1 aromatic carbocycles. The smallest absolute Gasteiger partial charge is 0.308 e. The Kier molecular flexibility index (Phi) is 3.51. The Morgan fingerprint density at radius 2 is 2.18 bits per heavy atom. The Bertz CT molecular complexity index is 423. The standard InChI is InChI=1S/C15H20O2/c1-10-4-5-11(2)12(8-10)6-7-13-9-14(13)15(16)17-3/h4-5,8,13-14H,6-7,9H2,1-3H3. The summed E-state index contributed by atoms with van der Waals surface area (Å²) in [4.78, 5) is 11.3. The second-order valence-electron chi connectivity index (χ2n) is 5.09. The van der Waals surface area contributed by atoms with E-state index in [0.29, 0.717) is 5.92 Å². The van der Waals surface area contributed by atoms with Gasteiger partial charge in [-0.2, -0.15) is 0 Å². The zero-order chi connectivity index (χ0) is 12.4. The quantitative estimate of drug-likeness (QED) is 0.746. The summed E-state index contributed by atoms with van der Waals surface area (Å²) in [6, 6.07) is 6.58. The number of rotatable bonds is 4. The number of carbonyl (C=O) groups is 1. The fourth-order valence-corrected chi connectivity index (χ4v) is 2.42. The third-order valence-corrected chi connectivity index (χ3v) is 3.72. The lowest BCUT2D eigenvalue weighted by atomic mass is 10.00. The molecule has 2 atom stereocenters. The van der Waals surface area contributed by atoms with Gasteiger partial charge in [-0.15, -0.1) is 0 Å². The predicted molar refractivity (Wildman–Crippen MR) is 67.9 cm³/mol. The third-order valence-electron chi connectivity index (χ3n) is 3.72. The lowest BCUT2D eigenvalue weighted by Crippen LogP contribution is -2.04. The van der Waals surface area contributed by atoms with Crippen LogP contribution < -0.4 is 0 Å².